The molecular weight excluding hydrogens is 372 g/mol. The monoisotopic (exact) mass is 400 g/mol. The van der Waals surface area contributed by atoms with Crippen molar-refractivity contribution in [3.8, 4) is 0 Å². The average Bonchev–Trinajstić information content (AvgIpc) is 3.05. The Morgan fingerprint density at radius 3 is 2.93 bits per heavy atom. The van der Waals surface area contributed by atoms with Gasteiger partial charge in [-0.15, -0.1) is 0 Å². The van der Waals surface area contributed by atoms with Crippen LogP contribution >= 0.6 is 11.8 Å². The van der Waals surface area contributed by atoms with Crippen LogP contribution in [0.3, 0.4) is 0 Å². The quantitative estimate of drug-likeness (QED) is 0.731. The standard InChI is InChI=1S/C21H28N4O2S/c1-14-7-8-17-18(10-14)24-21(23-17)28-13-19(26)25-9-3-4-15(12-25)11-22-20(27)16-5-2-6-16/h7-8,10,15-16H,2-6,9,11-13H2,1H3,(H,22,27)(H,23,24). The molecule has 2 heterocycles. The minimum atomic E-state index is 0.150. The molecule has 6 nitrogen and oxygen atoms in total. The number of aromatic nitrogens is 2. The van der Waals surface area contributed by atoms with Gasteiger partial charge in [0, 0.05) is 25.6 Å². The van der Waals surface area contributed by atoms with Crippen LogP contribution in [0.4, 0.5) is 0 Å². The summed E-state index contributed by atoms with van der Waals surface area (Å²) in [6.07, 6.45) is 5.31. The number of fused-ring (bicyclic) bond motifs is 1. The minimum absolute atomic E-state index is 0.150. The summed E-state index contributed by atoms with van der Waals surface area (Å²) in [5, 5.41) is 3.88. The molecule has 1 saturated heterocycles. The van der Waals surface area contributed by atoms with Gasteiger partial charge in [-0.3, -0.25) is 9.59 Å². The summed E-state index contributed by atoms with van der Waals surface area (Å²) < 4.78 is 0. The molecule has 4 rings (SSSR count). The van der Waals surface area contributed by atoms with Crippen molar-refractivity contribution in [1.29, 1.82) is 0 Å². The maximum atomic E-state index is 12.7. The first-order chi connectivity index (χ1) is 13.6. The van der Waals surface area contributed by atoms with E-state index in [1.54, 1.807) is 0 Å². The van der Waals surface area contributed by atoms with E-state index in [0.717, 1.165) is 55.0 Å². The largest absolute Gasteiger partial charge is 0.356 e. The fourth-order valence-corrected chi connectivity index (χ4v) is 4.70. The Balaban J connectivity index is 1.25. The third kappa shape index (κ3) is 4.51. The van der Waals surface area contributed by atoms with Crippen LogP contribution in [0, 0.1) is 18.8 Å². The zero-order valence-electron chi connectivity index (χ0n) is 16.4. The van der Waals surface area contributed by atoms with Gasteiger partial charge in [-0.2, -0.15) is 0 Å². The predicted octanol–water partition coefficient (Wildman–Crippen LogP) is 3.12. The number of aromatic amines is 1. The van der Waals surface area contributed by atoms with E-state index in [1.807, 2.05) is 17.0 Å². The van der Waals surface area contributed by atoms with Gasteiger partial charge in [0.05, 0.1) is 16.8 Å². The molecule has 2 aromatic rings. The second-order valence-electron chi connectivity index (χ2n) is 8.07. The van der Waals surface area contributed by atoms with Crippen molar-refractivity contribution in [3.05, 3.63) is 23.8 Å². The lowest BCUT2D eigenvalue weighted by molar-refractivity contribution is -0.130. The Morgan fingerprint density at radius 2 is 2.14 bits per heavy atom. The summed E-state index contributed by atoms with van der Waals surface area (Å²) in [7, 11) is 0. The lowest BCUT2D eigenvalue weighted by Gasteiger charge is -2.33. The number of carbonyl (C=O) groups is 2. The van der Waals surface area contributed by atoms with Crippen LogP contribution in [0.2, 0.25) is 0 Å². The molecule has 28 heavy (non-hydrogen) atoms. The molecule has 0 radical (unpaired) electrons. The van der Waals surface area contributed by atoms with E-state index in [9.17, 15) is 9.59 Å². The molecular formula is C21H28N4O2S. The number of thioether (sulfide) groups is 1. The lowest BCUT2D eigenvalue weighted by atomic mass is 9.84. The predicted molar refractivity (Wildman–Crippen MR) is 111 cm³/mol. The SMILES string of the molecule is Cc1ccc2nc(SCC(=O)N3CCCC(CNC(=O)C4CCC4)C3)[nH]c2c1. The van der Waals surface area contributed by atoms with Gasteiger partial charge in [-0.25, -0.2) is 4.98 Å². The van der Waals surface area contributed by atoms with Crippen molar-refractivity contribution in [2.24, 2.45) is 11.8 Å². The summed E-state index contributed by atoms with van der Waals surface area (Å²) in [5.41, 5.74) is 3.13. The summed E-state index contributed by atoms with van der Waals surface area (Å²) in [6, 6.07) is 6.11. The molecule has 1 aromatic carbocycles. The highest BCUT2D eigenvalue weighted by atomic mass is 32.2. The Bertz CT molecular complexity index is 861. The second kappa shape index (κ2) is 8.55. The molecule has 0 spiro atoms. The fourth-order valence-electron chi connectivity index (χ4n) is 3.91. The zero-order chi connectivity index (χ0) is 19.5. The highest BCUT2D eigenvalue weighted by Crippen LogP contribution is 2.26. The van der Waals surface area contributed by atoms with E-state index in [1.165, 1.54) is 23.7 Å². The van der Waals surface area contributed by atoms with Crippen LogP contribution in [0.5, 0.6) is 0 Å². The number of hydrogen-bond acceptors (Lipinski definition) is 4. The molecule has 1 aromatic heterocycles. The van der Waals surface area contributed by atoms with E-state index in [0.29, 0.717) is 18.2 Å². The first-order valence-corrected chi connectivity index (χ1v) is 11.2. The van der Waals surface area contributed by atoms with Crippen LogP contribution in [0.1, 0.15) is 37.7 Å². The summed E-state index contributed by atoms with van der Waals surface area (Å²) in [4.78, 5) is 34.5. The number of carbonyl (C=O) groups excluding carboxylic acids is 2. The van der Waals surface area contributed by atoms with Crippen molar-refractivity contribution in [2.45, 2.75) is 44.2 Å². The first-order valence-electron chi connectivity index (χ1n) is 10.2. The molecule has 1 aliphatic heterocycles. The van der Waals surface area contributed by atoms with Gasteiger partial charge in [0.1, 0.15) is 0 Å². The van der Waals surface area contributed by atoms with Crippen LogP contribution in [0.25, 0.3) is 11.0 Å². The second-order valence-corrected chi connectivity index (χ2v) is 9.04. The Labute approximate surface area is 169 Å². The first kappa shape index (κ1) is 19.3. The molecule has 2 aliphatic rings. The Hall–Kier alpha value is -2.02. The molecule has 150 valence electrons. The smallest absolute Gasteiger partial charge is 0.233 e. The molecule has 1 atom stereocenters. The summed E-state index contributed by atoms with van der Waals surface area (Å²) in [5.74, 6) is 1.33. The molecule has 1 saturated carbocycles. The van der Waals surface area contributed by atoms with Crippen LogP contribution in [-0.4, -0.2) is 52.1 Å². The number of imidazole rings is 1. The van der Waals surface area contributed by atoms with Crippen LogP contribution in [-0.2, 0) is 9.59 Å². The topological polar surface area (TPSA) is 78.1 Å². The zero-order valence-corrected chi connectivity index (χ0v) is 17.2. The maximum Gasteiger partial charge on any atom is 0.233 e. The van der Waals surface area contributed by atoms with Crippen molar-refractivity contribution >= 4 is 34.6 Å². The fraction of sp³-hybridized carbons (Fsp3) is 0.571. The number of amides is 2. The Morgan fingerprint density at radius 1 is 1.29 bits per heavy atom. The van der Waals surface area contributed by atoms with E-state index in [4.69, 9.17) is 0 Å². The molecule has 1 unspecified atom stereocenters. The van der Waals surface area contributed by atoms with Gasteiger partial charge >= 0.3 is 0 Å². The van der Waals surface area contributed by atoms with Gasteiger partial charge in [0.25, 0.3) is 0 Å². The molecule has 0 bridgehead atoms. The number of aryl methyl sites for hydroxylation is 1. The molecule has 2 amide bonds. The van der Waals surface area contributed by atoms with Crippen molar-refractivity contribution in [1.82, 2.24) is 20.2 Å². The van der Waals surface area contributed by atoms with E-state index >= 15 is 0 Å². The van der Waals surface area contributed by atoms with Gasteiger partial charge in [-0.1, -0.05) is 24.2 Å². The molecule has 7 heteroatoms. The number of H-pyrrole nitrogens is 1. The summed E-state index contributed by atoms with van der Waals surface area (Å²) in [6.45, 7) is 4.29. The van der Waals surface area contributed by atoms with Gasteiger partial charge in [0.2, 0.25) is 11.8 Å². The minimum Gasteiger partial charge on any atom is -0.356 e. The molecule has 1 aliphatic carbocycles. The number of nitrogens with zero attached hydrogens (tertiary/aromatic N) is 2. The molecule has 2 fully saturated rings. The number of nitrogens with one attached hydrogen (secondary N) is 2. The van der Waals surface area contributed by atoms with Crippen molar-refractivity contribution in [2.75, 3.05) is 25.4 Å². The number of piperidine rings is 1. The molecule has 2 N–H and O–H groups in total. The highest BCUT2D eigenvalue weighted by molar-refractivity contribution is 7.99. The van der Waals surface area contributed by atoms with Gasteiger partial charge in [0.15, 0.2) is 5.16 Å². The van der Waals surface area contributed by atoms with E-state index in [-0.39, 0.29) is 17.7 Å². The van der Waals surface area contributed by atoms with Crippen molar-refractivity contribution < 1.29 is 9.59 Å². The normalized spacial score (nSPS) is 20.2. The third-order valence-corrected chi connectivity index (χ3v) is 6.72. The maximum absolute atomic E-state index is 12.7. The lowest BCUT2D eigenvalue weighted by Crippen LogP contribution is -2.45. The number of rotatable bonds is 6. The van der Waals surface area contributed by atoms with E-state index < -0.39 is 0 Å². The number of hydrogen-bond donors (Lipinski definition) is 2. The Kier molecular flexibility index (Phi) is 5.90. The summed E-state index contributed by atoms with van der Waals surface area (Å²) >= 11 is 1.46. The van der Waals surface area contributed by atoms with Crippen molar-refractivity contribution in [3.63, 3.8) is 0 Å². The highest BCUT2D eigenvalue weighted by Gasteiger charge is 2.27. The van der Waals surface area contributed by atoms with Crippen LogP contribution < -0.4 is 5.32 Å². The average molecular weight is 401 g/mol. The number of benzene rings is 1. The number of likely N-dealkylation sites (tertiary alicyclic amines) is 1. The van der Waals surface area contributed by atoms with E-state index in [2.05, 4.69) is 28.3 Å². The van der Waals surface area contributed by atoms with Gasteiger partial charge in [-0.05, 0) is 56.2 Å². The van der Waals surface area contributed by atoms with Gasteiger partial charge < -0.3 is 15.2 Å². The third-order valence-electron chi connectivity index (χ3n) is 5.86. The van der Waals surface area contributed by atoms with Crippen LogP contribution in [0.15, 0.2) is 23.4 Å².